The minimum Gasteiger partial charge on any atom is -0.545 e. The van der Waals surface area contributed by atoms with E-state index in [0.717, 1.165) is 11.3 Å². The average molecular weight is 309 g/mol. The Morgan fingerprint density at radius 3 is 1.87 bits per heavy atom. The Hall–Kier alpha value is -3.08. The molecule has 0 aromatic heterocycles. The zero-order valence-corrected chi connectivity index (χ0v) is 12.8. The van der Waals surface area contributed by atoms with Crippen molar-refractivity contribution >= 4 is 29.8 Å². The summed E-state index contributed by atoms with van der Waals surface area (Å²) in [6.07, 6.45) is 3.52. The largest absolute Gasteiger partial charge is 0.545 e. The van der Waals surface area contributed by atoms with Crippen molar-refractivity contribution in [2.75, 3.05) is 19.0 Å². The van der Waals surface area contributed by atoms with Crippen molar-refractivity contribution in [3.05, 3.63) is 64.7 Å². The number of carbonyl (C=O) groups excluding carboxylic acids is 2. The number of nitrogens with zero attached hydrogens (tertiary/aromatic N) is 1. The van der Waals surface area contributed by atoms with E-state index in [2.05, 4.69) is 0 Å². The third-order valence-electron chi connectivity index (χ3n) is 3.36. The summed E-state index contributed by atoms with van der Waals surface area (Å²) in [5, 5.41) is 21.9. The van der Waals surface area contributed by atoms with Gasteiger partial charge < -0.3 is 24.7 Å². The number of carbonyl (C=O) groups is 2. The van der Waals surface area contributed by atoms with Gasteiger partial charge in [0.15, 0.2) is 0 Å². The van der Waals surface area contributed by atoms with Crippen LogP contribution in [0.25, 0.3) is 12.2 Å². The molecule has 2 aromatic carbocycles. The first kappa shape index (κ1) is 16.3. The number of hydrogen-bond donors (Lipinski definition) is 0. The number of carboxylic acid groups (broad SMARTS) is 2. The molecule has 0 atom stereocenters. The summed E-state index contributed by atoms with van der Waals surface area (Å²) in [5.74, 6) is -3.09. The molecule has 0 radical (unpaired) electrons. The van der Waals surface area contributed by atoms with E-state index in [1.807, 2.05) is 49.3 Å². The summed E-state index contributed by atoms with van der Waals surface area (Å²) >= 11 is 0. The SMILES string of the molecule is CN(C)c1ccc(/C=C/c2ccc(C(=O)[O-])c(C(=O)[O-])c2)cc1. The maximum atomic E-state index is 11.0. The Morgan fingerprint density at radius 1 is 0.826 bits per heavy atom. The highest BCUT2D eigenvalue weighted by Gasteiger charge is 2.05. The summed E-state index contributed by atoms with van der Waals surface area (Å²) in [7, 11) is 3.90. The molecule has 0 spiro atoms. The number of carboxylic acids is 2. The third kappa shape index (κ3) is 3.97. The smallest absolute Gasteiger partial charge is 0.0722 e. The van der Waals surface area contributed by atoms with E-state index < -0.39 is 23.1 Å². The summed E-state index contributed by atoms with van der Waals surface area (Å²) in [5.41, 5.74) is 1.78. The second-order valence-electron chi connectivity index (χ2n) is 5.20. The summed E-state index contributed by atoms with van der Waals surface area (Å²) in [6.45, 7) is 0. The molecule has 0 aliphatic rings. The lowest BCUT2D eigenvalue weighted by atomic mass is 10.0. The van der Waals surface area contributed by atoms with Crippen molar-refractivity contribution in [2.45, 2.75) is 0 Å². The summed E-state index contributed by atoms with van der Waals surface area (Å²) in [4.78, 5) is 23.9. The van der Waals surface area contributed by atoms with E-state index in [1.165, 1.54) is 18.2 Å². The zero-order chi connectivity index (χ0) is 17.0. The Kier molecular flexibility index (Phi) is 4.81. The van der Waals surface area contributed by atoms with E-state index in [9.17, 15) is 19.8 Å². The standard InChI is InChI=1S/C18H17NO4/c1-19(2)14-8-5-12(6-9-14)3-4-13-7-10-15(17(20)21)16(11-13)18(22)23/h3-11H,1-2H3,(H,20,21)(H,22,23)/p-2/b4-3+. The van der Waals surface area contributed by atoms with Crippen molar-refractivity contribution in [1.29, 1.82) is 0 Å². The molecule has 0 unspecified atom stereocenters. The number of rotatable bonds is 5. The number of anilines is 1. The van der Waals surface area contributed by atoms with Crippen LogP contribution in [0.3, 0.4) is 0 Å². The molecule has 0 fully saturated rings. The molecule has 0 N–H and O–H groups in total. The molecule has 0 amide bonds. The first-order valence-corrected chi connectivity index (χ1v) is 6.90. The van der Waals surface area contributed by atoms with E-state index in [1.54, 1.807) is 6.08 Å². The van der Waals surface area contributed by atoms with Crippen LogP contribution in [0.4, 0.5) is 5.69 Å². The molecular formula is C18H15NO4-2. The van der Waals surface area contributed by atoms with Crippen molar-refractivity contribution in [3.63, 3.8) is 0 Å². The van der Waals surface area contributed by atoms with E-state index in [0.29, 0.717) is 5.56 Å². The normalized spacial score (nSPS) is 10.7. The number of hydrogen-bond acceptors (Lipinski definition) is 5. The molecule has 0 saturated heterocycles. The van der Waals surface area contributed by atoms with Gasteiger partial charge in [-0.3, -0.25) is 0 Å². The van der Waals surface area contributed by atoms with Crippen LogP contribution in [-0.4, -0.2) is 26.0 Å². The second kappa shape index (κ2) is 6.79. The molecule has 0 bridgehead atoms. The van der Waals surface area contributed by atoms with Crippen molar-refractivity contribution in [1.82, 2.24) is 0 Å². The van der Waals surface area contributed by atoms with Crippen LogP contribution in [0.2, 0.25) is 0 Å². The van der Waals surface area contributed by atoms with Gasteiger partial charge in [0.1, 0.15) is 0 Å². The Balaban J connectivity index is 2.27. The molecule has 5 heteroatoms. The molecule has 118 valence electrons. The minimum absolute atomic E-state index is 0.391. The van der Waals surface area contributed by atoms with Crippen LogP contribution in [0.5, 0.6) is 0 Å². The lowest BCUT2D eigenvalue weighted by molar-refractivity contribution is -0.259. The molecule has 0 heterocycles. The van der Waals surface area contributed by atoms with Crippen LogP contribution >= 0.6 is 0 Å². The highest BCUT2D eigenvalue weighted by molar-refractivity contribution is 6.00. The van der Waals surface area contributed by atoms with Crippen LogP contribution in [0.1, 0.15) is 31.8 Å². The van der Waals surface area contributed by atoms with Crippen molar-refractivity contribution in [2.24, 2.45) is 0 Å². The molecule has 2 rings (SSSR count). The van der Waals surface area contributed by atoms with Gasteiger partial charge in [0.25, 0.3) is 0 Å². The van der Waals surface area contributed by atoms with Gasteiger partial charge in [-0.15, -0.1) is 0 Å². The van der Waals surface area contributed by atoms with E-state index >= 15 is 0 Å². The van der Waals surface area contributed by atoms with Crippen LogP contribution in [0.15, 0.2) is 42.5 Å². The van der Waals surface area contributed by atoms with E-state index in [4.69, 9.17) is 0 Å². The molecule has 0 saturated carbocycles. The fourth-order valence-electron chi connectivity index (χ4n) is 2.09. The third-order valence-corrected chi connectivity index (χ3v) is 3.36. The maximum absolute atomic E-state index is 11.0. The summed E-state index contributed by atoms with van der Waals surface area (Å²) < 4.78 is 0. The first-order valence-electron chi connectivity index (χ1n) is 6.90. The second-order valence-corrected chi connectivity index (χ2v) is 5.20. The van der Waals surface area contributed by atoms with E-state index in [-0.39, 0.29) is 0 Å². The fourth-order valence-corrected chi connectivity index (χ4v) is 2.09. The highest BCUT2D eigenvalue weighted by atomic mass is 16.4. The van der Waals surface area contributed by atoms with Crippen molar-refractivity contribution < 1.29 is 19.8 Å². The Morgan fingerprint density at radius 2 is 1.35 bits per heavy atom. The van der Waals surface area contributed by atoms with Crippen LogP contribution in [0, 0.1) is 0 Å². The van der Waals surface area contributed by atoms with Gasteiger partial charge >= 0.3 is 0 Å². The average Bonchev–Trinajstić information content (AvgIpc) is 2.52. The summed E-state index contributed by atoms with van der Waals surface area (Å²) in [6, 6.07) is 11.8. The van der Waals surface area contributed by atoms with Gasteiger partial charge in [0, 0.05) is 30.9 Å². The topological polar surface area (TPSA) is 83.5 Å². The molecule has 0 aliphatic carbocycles. The number of aromatic carboxylic acids is 2. The molecule has 5 nitrogen and oxygen atoms in total. The van der Waals surface area contributed by atoms with Gasteiger partial charge in [0.2, 0.25) is 0 Å². The predicted octanol–water partition coefficient (Wildman–Crippen LogP) is 0.650. The molecule has 0 aliphatic heterocycles. The van der Waals surface area contributed by atoms with Crippen LogP contribution in [-0.2, 0) is 0 Å². The maximum Gasteiger partial charge on any atom is 0.0722 e. The fraction of sp³-hybridized carbons (Fsp3) is 0.111. The van der Waals surface area contributed by atoms with Gasteiger partial charge in [-0.25, -0.2) is 0 Å². The highest BCUT2D eigenvalue weighted by Crippen LogP contribution is 2.16. The van der Waals surface area contributed by atoms with Gasteiger partial charge in [-0.2, -0.15) is 0 Å². The lowest BCUT2D eigenvalue weighted by Gasteiger charge is -2.12. The number of benzene rings is 2. The monoisotopic (exact) mass is 309 g/mol. The van der Waals surface area contributed by atoms with Gasteiger partial charge in [-0.05, 0) is 29.3 Å². The lowest BCUT2D eigenvalue weighted by Crippen LogP contribution is -2.30. The van der Waals surface area contributed by atoms with Gasteiger partial charge in [0.05, 0.1) is 11.9 Å². The zero-order valence-electron chi connectivity index (χ0n) is 12.8. The molecule has 2 aromatic rings. The Bertz CT molecular complexity index is 761. The predicted molar refractivity (Wildman–Crippen MR) is 84.8 cm³/mol. The first-order chi connectivity index (χ1) is 10.9. The molecule has 23 heavy (non-hydrogen) atoms. The Labute approximate surface area is 134 Å². The molecular weight excluding hydrogens is 294 g/mol. The quantitative estimate of drug-likeness (QED) is 0.757. The van der Waals surface area contributed by atoms with Gasteiger partial charge in [-0.1, -0.05) is 36.4 Å². The van der Waals surface area contributed by atoms with Crippen molar-refractivity contribution in [3.8, 4) is 0 Å². The van der Waals surface area contributed by atoms with Crippen LogP contribution < -0.4 is 15.1 Å². The minimum atomic E-state index is -1.55.